The smallest absolute Gasteiger partial charge is 0.342 e. The van der Waals surface area contributed by atoms with Crippen molar-refractivity contribution in [3.63, 3.8) is 0 Å². The van der Waals surface area contributed by atoms with Gasteiger partial charge in [0, 0.05) is 23.2 Å². The van der Waals surface area contributed by atoms with E-state index < -0.39 is 18.5 Å². The molecule has 0 radical (unpaired) electrons. The second-order valence-corrected chi connectivity index (χ2v) is 6.06. The molecule has 0 aliphatic rings. The molecule has 0 heterocycles. The zero-order valence-electron chi connectivity index (χ0n) is 16.4. The van der Waals surface area contributed by atoms with Gasteiger partial charge in [0.15, 0.2) is 18.1 Å². The highest BCUT2D eigenvalue weighted by molar-refractivity contribution is 6.03. The predicted octanol–water partition coefficient (Wildman–Crippen LogP) is 3.66. The van der Waals surface area contributed by atoms with Crippen LogP contribution in [0.4, 0.5) is 5.69 Å². The number of methoxy groups -OCH3 is 3. The van der Waals surface area contributed by atoms with E-state index >= 15 is 0 Å². The molecule has 0 aliphatic carbocycles. The molecule has 3 rings (SSSR count). The molecule has 0 saturated carbocycles. The molecule has 0 saturated heterocycles. The van der Waals surface area contributed by atoms with Crippen molar-refractivity contribution in [1.82, 2.24) is 0 Å². The molecule has 0 unspecified atom stereocenters. The molecular weight excluding hydrogens is 374 g/mol. The van der Waals surface area contributed by atoms with E-state index in [1.54, 1.807) is 6.07 Å². The van der Waals surface area contributed by atoms with E-state index in [0.717, 1.165) is 10.8 Å². The van der Waals surface area contributed by atoms with Gasteiger partial charge >= 0.3 is 5.97 Å². The first-order valence-electron chi connectivity index (χ1n) is 8.82. The quantitative estimate of drug-likeness (QED) is 0.615. The summed E-state index contributed by atoms with van der Waals surface area (Å²) in [5, 5.41) is 4.67. The van der Waals surface area contributed by atoms with Gasteiger partial charge < -0.3 is 24.3 Å². The Hall–Kier alpha value is -3.74. The van der Waals surface area contributed by atoms with Crippen LogP contribution in [0.2, 0.25) is 0 Å². The predicted molar refractivity (Wildman–Crippen MR) is 109 cm³/mol. The molecule has 0 bridgehead atoms. The minimum Gasteiger partial charge on any atom is -0.496 e. The van der Waals surface area contributed by atoms with Crippen LogP contribution in [0.25, 0.3) is 10.8 Å². The lowest BCUT2D eigenvalue weighted by atomic mass is 10.1. The highest BCUT2D eigenvalue weighted by atomic mass is 16.5. The van der Waals surface area contributed by atoms with Crippen LogP contribution in [0.1, 0.15) is 10.4 Å². The summed E-state index contributed by atoms with van der Waals surface area (Å²) in [5.74, 6) is -0.151. The van der Waals surface area contributed by atoms with E-state index in [1.807, 2.05) is 36.4 Å². The van der Waals surface area contributed by atoms with Crippen LogP contribution in [-0.4, -0.2) is 39.8 Å². The third kappa shape index (κ3) is 4.40. The normalized spacial score (nSPS) is 10.3. The fourth-order valence-electron chi connectivity index (χ4n) is 2.92. The first-order valence-corrected chi connectivity index (χ1v) is 8.82. The molecule has 0 aliphatic heterocycles. The number of fused-ring (bicyclic) bond motifs is 1. The molecule has 0 atom stereocenters. The van der Waals surface area contributed by atoms with Gasteiger partial charge in [0.05, 0.1) is 21.3 Å². The van der Waals surface area contributed by atoms with E-state index in [4.69, 9.17) is 18.9 Å². The molecule has 3 aromatic rings. The van der Waals surface area contributed by atoms with Crippen LogP contribution in [0.5, 0.6) is 17.2 Å². The minimum absolute atomic E-state index is 0.128. The zero-order valence-corrected chi connectivity index (χ0v) is 16.4. The molecule has 1 amide bonds. The molecule has 0 spiro atoms. The average molecular weight is 395 g/mol. The first kappa shape index (κ1) is 20.0. The standard InChI is InChI=1S/C22H21NO6/c1-26-18-12-20(28-3)19(27-2)11-16(18)22(25)29-13-21(24)23-17-10-6-8-14-7-4-5-9-15(14)17/h4-12H,13H2,1-3H3,(H,23,24). The van der Waals surface area contributed by atoms with E-state index in [-0.39, 0.29) is 11.3 Å². The number of hydrogen-bond acceptors (Lipinski definition) is 6. The fraction of sp³-hybridized carbons (Fsp3) is 0.182. The Morgan fingerprint density at radius 3 is 2.21 bits per heavy atom. The lowest BCUT2D eigenvalue weighted by molar-refractivity contribution is -0.119. The van der Waals surface area contributed by atoms with E-state index in [1.165, 1.54) is 33.5 Å². The number of ether oxygens (including phenoxy) is 4. The van der Waals surface area contributed by atoms with Gasteiger partial charge in [-0.3, -0.25) is 4.79 Å². The van der Waals surface area contributed by atoms with Crippen LogP contribution in [-0.2, 0) is 9.53 Å². The van der Waals surface area contributed by atoms with Crippen LogP contribution >= 0.6 is 0 Å². The zero-order chi connectivity index (χ0) is 20.8. The molecule has 1 N–H and O–H groups in total. The van der Waals surface area contributed by atoms with Gasteiger partial charge in [0.1, 0.15) is 11.3 Å². The number of esters is 1. The maximum absolute atomic E-state index is 12.5. The van der Waals surface area contributed by atoms with Crippen molar-refractivity contribution in [2.75, 3.05) is 33.3 Å². The number of carbonyl (C=O) groups is 2. The number of benzene rings is 3. The van der Waals surface area contributed by atoms with Gasteiger partial charge in [-0.2, -0.15) is 0 Å². The fourth-order valence-corrected chi connectivity index (χ4v) is 2.92. The first-order chi connectivity index (χ1) is 14.1. The lowest BCUT2D eigenvalue weighted by Crippen LogP contribution is -2.21. The van der Waals surface area contributed by atoms with Crippen LogP contribution in [0.15, 0.2) is 54.6 Å². The lowest BCUT2D eigenvalue weighted by Gasteiger charge is -2.14. The second kappa shape index (κ2) is 8.97. The van der Waals surface area contributed by atoms with Crippen LogP contribution < -0.4 is 19.5 Å². The van der Waals surface area contributed by atoms with Gasteiger partial charge in [-0.1, -0.05) is 36.4 Å². The topological polar surface area (TPSA) is 83.1 Å². The number of carbonyl (C=O) groups excluding carboxylic acids is 2. The summed E-state index contributed by atoms with van der Waals surface area (Å²) in [4.78, 5) is 24.8. The minimum atomic E-state index is -0.712. The van der Waals surface area contributed by atoms with Crippen molar-refractivity contribution in [1.29, 1.82) is 0 Å². The molecular formula is C22H21NO6. The molecule has 0 aromatic heterocycles. The molecule has 7 nitrogen and oxygen atoms in total. The maximum Gasteiger partial charge on any atom is 0.342 e. The van der Waals surface area contributed by atoms with Crippen LogP contribution in [0.3, 0.4) is 0 Å². The molecule has 29 heavy (non-hydrogen) atoms. The Morgan fingerprint density at radius 1 is 0.828 bits per heavy atom. The van der Waals surface area contributed by atoms with E-state index in [2.05, 4.69) is 5.32 Å². The monoisotopic (exact) mass is 395 g/mol. The Bertz CT molecular complexity index is 1040. The molecule has 150 valence electrons. The summed E-state index contributed by atoms with van der Waals surface area (Å²) in [5.41, 5.74) is 0.774. The summed E-state index contributed by atoms with van der Waals surface area (Å²) in [6.07, 6.45) is 0. The Labute approximate surface area is 168 Å². The largest absolute Gasteiger partial charge is 0.496 e. The summed E-state index contributed by atoms with van der Waals surface area (Å²) >= 11 is 0. The SMILES string of the molecule is COc1cc(OC)c(C(=O)OCC(=O)Nc2cccc3ccccc23)cc1OC. The van der Waals surface area contributed by atoms with Crippen molar-refractivity contribution < 1.29 is 28.5 Å². The third-order valence-corrected chi connectivity index (χ3v) is 4.32. The number of nitrogens with one attached hydrogen (secondary N) is 1. The number of rotatable bonds is 7. The van der Waals surface area contributed by atoms with Gasteiger partial charge in [0.2, 0.25) is 0 Å². The molecule has 0 fully saturated rings. The molecule has 7 heteroatoms. The second-order valence-electron chi connectivity index (χ2n) is 6.06. The highest BCUT2D eigenvalue weighted by Gasteiger charge is 2.20. The van der Waals surface area contributed by atoms with Gasteiger partial charge in [-0.05, 0) is 11.5 Å². The number of anilines is 1. The Morgan fingerprint density at radius 2 is 1.48 bits per heavy atom. The van der Waals surface area contributed by atoms with Crippen LogP contribution in [0, 0.1) is 0 Å². The van der Waals surface area contributed by atoms with Crippen molar-refractivity contribution in [2.45, 2.75) is 0 Å². The van der Waals surface area contributed by atoms with Gasteiger partial charge in [-0.25, -0.2) is 4.79 Å². The Kier molecular flexibility index (Phi) is 6.19. The maximum atomic E-state index is 12.5. The van der Waals surface area contributed by atoms with Crippen molar-refractivity contribution >= 4 is 28.3 Å². The summed E-state index contributed by atoms with van der Waals surface area (Å²) in [7, 11) is 4.36. The van der Waals surface area contributed by atoms with E-state index in [9.17, 15) is 9.59 Å². The van der Waals surface area contributed by atoms with Crippen molar-refractivity contribution in [3.8, 4) is 17.2 Å². The average Bonchev–Trinajstić information content (AvgIpc) is 2.76. The van der Waals surface area contributed by atoms with Gasteiger partial charge in [-0.15, -0.1) is 0 Å². The van der Waals surface area contributed by atoms with E-state index in [0.29, 0.717) is 17.2 Å². The van der Waals surface area contributed by atoms with Crippen molar-refractivity contribution in [2.24, 2.45) is 0 Å². The third-order valence-electron chi connectivity index (χ3n) is 4.32. The summed E-state index contributed by atoms with van der Waals surface area (Å²) in [6, 6.07) is 16.2. The number of amides is 1. The summed E-state index contributed by atoms with van der Waals surface area (Å²) in [6.45, 7) is -0.445. The van der Waals surface area contributed by atoms with Gasteiger partial charge in [0.25, 0.3) is 5.91 Å². The summed E-state index contributed by atoms with van der Waals surface area (Å²) < 4.78 is 20.8. The Balaban J connectivity index is 1.71. The molecule has 3 aromatic carbocycles. The number of hydrogen-bond donors (Lipinski definition) is 1. The van der Waals surface area contributed by atoms with Crippen molar-refractivity contribution in [3.05, 3.63) is 60.2 Å². The highest BCUT2D eigenvalue weighted by Crippen LogP contribution is 2.35.